The summed E-state index contributed by atoms with van der Waals surface area (Å²) in [5.74, 6) is 0.705. The zero-order valence-electron chi connectivity index (χ0n) is 7.97. The van der Waals surface area contributed by atoms with Gasteiger partial charge in [-0.05, 0) is 18.6 Å². The van der Waals surface area contributed by atoms with Crippen LogP contribution < -0.4 is 10.5 Å². The molecule has 0 aliphatic carbocycles. The van der Waals surface area contributed by atoms with Crippen LogP contribution in [-0.2, 0) is 0 Å². The second kappa shape index (κ2) is 5.44. The summed E-state index contributed by atoms with van der Waals surface area (Å²) in [5, 5.41) is 1.02. The standard InChI is InChI=1S/C10H13Cl2NO/c1-2-7(6-13)14-8-3-4-9(11)10(12)5-8/h3-5,7H,2,6,13H2,1H3. The number of benzene rings is 1. The van der Waals surface area contributed by atoms with Crippen LogP contribution in [0.15, 0.2) is 18.2 Å². The highest BCUT2D eigenvalue weighted by Gasteiger charge is 2.06. The summed E-state index contributed by atoms with van der Waals surface area (Å²) in [6.07, 6.45) is 0.906. The van der Waals surface area contributed by atoms with Crippen molar-refractivity contribution in [3.8, 4) is 5.75 Å². The zero-order valence-corrected chi connectivity index (χ0v) is 9.48. The third kappa shape index (κ3) is 3.05. The SMILES string of the molecule is CCC(CN)Oc1ccc(Cl)c(Cl)c1. The first-order chi connectivity index (χ1) is 6.67. The predicted octanol–water partition coefficient (Wildman–Crippen LogP) is 3.11. The van der Waals surface area contributed by atoms with Gasteiger partial charge in [0.2, 0.25) is 0 Å². The van der Waals surface area contributed by atoms with E-state index in [9.17, 15) is 0 Å². The molecule has 78 valence electrons. The van der Waals surface area contributed by atoms with E-state index >= 15 is 0 Å². The van der Waals surface area contributed by atoms with Crippen LogP contribution in [0, 0.1) is 0 Å². The summed E-state index contributed by atoms with van der Waals surface area (Å²) in [6, 6.07) is 5.19. The van der Waals surface area contributed by atoms with Gasteiger partial charge < -0.3 is 10.5 Å². The van der Waals surface area contributed by atoms with E-state index in [1.54, 1.807) is 18.2 Å². The van der Waals surface area contributed by atoms with E-state index in [0.717, 1.165) is 6.42 Å². The lowest BCUT2D eigenvalue weighted by Gasteiger charge is -2.15. The molecule has 0 radical (unpaired) electrons. The van der Waals surface area contributed by atoms with E-state index < -0.39 is 0 Å². The fraction of sp³-hybridized carbons (Fsp3) is 0.400. The summed E-state index contributed by atoms with van der Waals surface area (Å²) in [6.45, 7) is 2.52. The molecule has 0 aromatic heterocycles. The highest BCUT2D eigenvalue weighted by atomic mass is 35.5. The molecule has 0 aliphatic rings. The molecule has 1 rings (SSSR count). The predicted molar refractivity (Wildman–Crippen MR) is 60.2 cm³/mol. The van der Waals surface area contributed by atoms with Gasteiger partial charge in [0.15, 0.2) is 0 Å². The van der Waals surface area contributed by atoms with Crippen LogP contribution in [0.4, 0.5) is 0 Å². The molecule has 0 aliphatic heterocycles. The number of hydrogen-bond donors (Lipinski definition) is 1. The van der Waals surface area contributed by atoms with Crippen molar-refractivity contribution < 1.29 is 4.74 Å². The average Bonchev–Trinajstić information content (AvgIpc) is 2.19. The van der Waals surface area contributed by atoms with E-state index in [2.05, 4.69) is 0 Å². The highest BCUT2D eigenvalue weighted by molar-refractivity contribution is 6.42. The van der Waals surface area contributed by atoms with Crippen molar-refractivity contribution in [2.24, 2.45) is 5.73 Å². The smallest absolute Gasteiger partial charge is 0.121 e. The molecular weight excluding hydrogens is 221 g/mol. The molecule has 1 aromatic carbocycles. The van der Waals surface area contributed by atoms with Crippen molar-refractivity contribution in [1.82, 2.24) is 0 Å². The molecule has 0 bridgehead atoms. The minimum absolute atomic E-state index is 0.0345. The zero-order chi connectivity index (χ0) is 10.6. The Hall–Kier alpha value is -0.440. The van der Waals surface area contributed by atoms with Gasteiger partial charge in [0, 0.05) is 12.6 Å². The molecule has 2 N–H and O–H groups in total. The molecule has 0 saturated carbocycles. The molecule has 0 spiro atoms. The lowest BCUT2D eigenvalue weighted by molar-refractivity contribution is 0.205. The Labute approximate surface area is 94.0 Å². The first kappa shape index (κ1) is 11.6. The van der Waals surface area contributed by atoms with E-state index in [4.69, 9.17) is 33.7 Å². The summed E-state index contributed by atoms with van der Waals surface area (Å²) in [4.78, 5) is 0. The minimum atomic E-state index is 0.0345. The molecule has 1 atom stereocenters. The summed E-state index contributed by atoms with van der Waals surface area (Å²) < 4.78 is 5.58. The van der Waals surface area contributed by atoms with Gasteiger partial charge in [-0.2, -0.15) is 0 Å². The van der Waals surface area contributed by atoms with E-state index in [0.29, 0.717) is 22.3 Å². The molecule has 1 unspecified atom stereocenters. The summed E-state index contributed by atoms with van der Waals surface area (Å²) in [7, 11) is 0. The molecule has 4 heteroatoms. The highest BCUT2D eigenvalue weighted by Crippen LogP contribution is 2.26. The number of hydrogen-bond acceptors (Lipinski definition) is 2. The summed E-state index contributed by atoms with van der Waals surface area (Å²) >= 11 is 11.6. The Morgan fingerprint density at radius 1 is 1.36 bits per heavy atom. The van der Waals surface area contributed by atoms with Gasteiger partial charge in [-0.25, -0.2) is 0 Å². The van der Waals surface area contributed by atoms with E-state index in [1.165, 1.54) is 0 Å². The third-order valence-corrected chi connectivity index (χ3v) is 2.65. The molecule has 0 fully saturated rings. The molecule has 1 aromatic rings. The topological polar surface area (TPSA) is 35.2 Å². The summed E-state index contributed by atoms with van der Waals surface area (Å²) in [5.41, 5.74) is 5.52. The molecular formula is C10H13Cl2NO. The quantitative estimate of drug-likeness (QED) is 0.868. The van der Waals surface area contributed by atoms with Crippen molar-refractivity contribution in [2.45, 2.75) is 19.4 Å². The van der Waals surface area contributed by atoms with Crippen molar-refractivity contribution >= 4 is 23.2 Å². The first-order valence-corrected chi connectivity index (χ1v) is 5.24. The van der Waals surface area contributed by atoms with Crippen molar-refractivity contribution in [1.29, 1.82) is 0 Å². The van der Waals surface area contributed by atoms with Gasteiger partial charge in [0.1, 0.15) is 11.9 Å². The Morgan fingerprint density at radius 3 is 2.57 bits per heavy atom. The second-order valence-electron chi connectivity index (χ2n) is 2.96. The fourth-order valence-corrected chi connectivity index (χ4v) is 1.33. The minimum Gasteiger partial charge on any atom is -0.489 e. The van der Waals surface area contributed by atoms with Crippen LogP contribution in [0.25, 0.3) is 0 Å². The van der Waals surface area contributed by atoms with Gasteiger partial charge in [-0.3, -0.25) is 0 Å². The van der Waals surface area contributed by atoms with E-state index in [-0.39, 0.29) is 6.10 Å². The molecule has 0 saturated heterocycles. The van der Waals surface area contributed by atoms with Gasteiger partial charge in [-0.15, -0.1) is 0 Å². The Kier molecular flexibility index (Phi) is 4.52. The van der Waals surface area contributed by atoms with Crippen LogP contribution in [0.2, 0.25) is 10.0 Å². The fourth-order valence-electron chi connectivity index (χ4n) is 1.04. The third-order valence-electron chi connectivity index (χ3n) is 1.91. The maximum atomic E-state index is 5.84. The Bertz CT molecular complexity index is 300. The van der Waals surface area contributed by atoms with Crippen LogP contribution in [0.1, 0.15) is 13.3 Å². The normalized spacial score (nSPS) is 12.6. The molecule has 0 amide bonds. The monoisotopic (exact) mass is 233 g/mol. The number of ether oxygens (including phenoxy) is 1. The van der Waals surface area contributed by atoms with Gasteiger partial charge in [-0.1, -0.05) is 30.1 Å². The molecule has 2 nitrogen and oxygen atoms in total. The average molecular weight is 234 g/mol. The maximum absolute atomic E-state index is 5.84. The Balaban J connectivity index is 2.72. The van der Waals surface area contributed by atoms with Crippen LogP contribution in [-0.4, -0.2) is 12.6 Å². The van der Waals surface area contributed by atoms with E-state index in [1.807, 2.05) is 6.92 Å². The first-order valence-electron chi connectivity index (χ1n) is 4.49. The lowest BCUT2D eigenvalue weighted by atomic mass is 10.2. The van der Waals surface area contributed by atoms with Crippen molar-refractivity contribution in [3.63, 3.8) is 0 Å². The largest absolute Gasteiger partial charge is 0.489 e. The lowest BCUT2D eigenvalue weighted by Crippen LogP contribution is -2.25. The Morgan fingerprint density at radius 2 is 2.07 bits per heavy atom. The van der Waals surface area contributed by atoms with Gasteiger partial charge >= 0.3 is 0 Å². The molecule has 0 heterocycles. The van der Waals surface area contributed by atoms with Gasteiger partial charge in [0.05, 0.1) is 10.0 Å². The van der Waals surface area contributed by atoms with Gasteiger partial charge in [0.25, 0.3) is 0 Å². The number of nitrogens with two attached hydrogens (primary N) is 1. The molecule has 14 heavy (non-hydrogen) atoms. The van der Waals surface area contributed by atoms with Crippen molar-refractivity contribution in [3.05, 3.63) is 28.2 Å². The van der Waals surface area contributed by atoms with Crippen LogP contribution in [0.5, 0.6) is 5.75 Å². The van der Waals surface area contributed by atoms with Crippen LogP contribution >= 0.6 is 23.2 Å². The van der Waals surface area contributed by atoms with Crippen LogP contribution in [0.3, 0.4) is 0 Å². The number of halogens is 2. The van der Waals surface area contributed by atoms with Crippen molar-refractivity contribution in [2.75, 3.05) is 6.54 Å². The number of rotatable bonds is 4. The maximum Gasteiger partial charge on any atom is 0.121 e. The second-order valence-corrected chi connectivity index (χ2v) is 3.77.